The van der Waals surface area contributed by atoms with E-state index in [-0.39, 0.29) is 23.3 Å². The minimum atomic E-state index is -0.802. The molecule has 2 aromatic heterocycles. The van der Waals surface area contributed by atoms with Crippen LogP contribution in [0.1, 0.15) is 26.5 Å². The number of halogens is 2. The van der Waals surface area contributed by atoms with Gasteiger partial charge in [0.05, 0.1) is 5.52 Å². The van der Waals surface area contributed by atoms with Crippen LogP contribution in [0.4, 0.5) is 8.78 Å². The molecule has 0 fully saturated rings. The fourth-order valence-corrected chi connectivity index (χ4v) is 3.80. The van der Waals surface area contributed by atoms with Gasteiger partial charge in [-0.05, 0) is 39.8 Å². The molecule has 0 saturated carbocycles. The van der Waals surface area contributed by atoms with Crippen molar-refractivity contribution < 1.29 is 23.4 Å². The van der Waals surface area contributed by atoms with Crippen molar-refractivity contribution in [1.29, 1.82) is 0 Å². The molecule has 31 heavy (non-hydrogen) atoms. The molecule has 0 spiro atoms. The van der Waals surface area contributed by atoms with E-state index in [0.29, 0.717) is 27.7 Å². The molecule has 0 bridgehead atoms. The fourth-order valence-electron chi connectivity index (χ4n) is 3.80. The van der Waals surface area contributed by atoms with Gasteiger partial charge in [0.25, 0.3) is 0 Å². The Balaban J connectivity index is 2.01. The zero-order chi connectivity index (χ0) is 22.5. The predicted octanol–water partition coefficient (Wildman–Crippen LogP) is 4.89. The Kier molecular flexibility index (Phi) is 4.88. The molecule has 1 N–H and O–H groups in total. The number of hydrogen-bond acceptors (Lipinski definition) is 5. The first-order valence-electron chi connectivity index (χ1n) is 9.71. The highest BCUT2D eigenvalue weighted by Crippen LogP contribution is 2.39. The maximum atomic E-state index is 14.9. The lowest BCUT2D eigenvalue weighted by molar-refractivity contribution is -0.155. The number of aromatic nitrogens is 3. The van der Waals surface area contributed by atoms with E-state index in [0.717, 1.165) is 6.07 Å². The van der Waals surface area contributed by atoms with E-state index < -0.39 is 23.2 Å². The molecule has 6 nitrogen and oxygen atoms in total. The summed E-state index contributed by atoms with van der Waals surface area (Å²) in [4.78, 5) is 12.5. The zero-order valence-electron chi connectivity index (χ0n) is 17.5. The molecular weight excluding hydrogens is 404 g/mol. The lowest BCUT2D eigenvalue weighted by atomic mass is 10.0. The molecule has 2 aromatic carbocycles. The zero-order valence-corrected chi connectivity index (χ0v) is 17.5. The summed E-state index contributed by atoms with van der Waals surface area (Å²) < 4.78 is 35.9. The van der Waals surface area contributed by atoms with Crippen molar-refractivity contribution >= 4 is 27.6 Å². The van der Waals surface area contributed by atoms with Gasteiger partial charge in [0, 0.05) is 33.5 Å². The van der Waals surface area contributed by atoms with E-state index in [9.17, 15) is 18.7 Å². The number of ether oxygens (including phenoxy) is 1. The molecule has 4 rings (SSSR count). The van der Waals surface area contributed by atoms with E-state index in [4.69, 9.17) is 4.74 Å². The van der Waals surface area contributed by atoms with Crippen LogP contribution in [-0.2, 0) is 16.1 Å². The van der Waals surface area contributed by atoms with Gasteiger partial charge in [-0.2, -0.15) is 0 Å². The smallest absolute Gasteiger partial charge is 0.326 e. The summed E-state index contributed by atoms with van der Waals surface area (Å²) in [5.74, 6) is -2.35. The standard InChI is InChI=1S/C23H21F2N3O3/c1-12-19(20-14-7-5-6-8-15(14)22(30)27-26-20)16-9-13(24)10-17(25)21(16)28(12)11-18(29)31-23(2,3)4/h5-10H,11H2,1-4H3,(H,27,30). The van der Waals surface area contributed by atoms with Crippen LogP contribution >= 0.6 is 0 Å². The fraction of sp³-hybridized carbons (Fsp3) is 0.261. The monoisotopic (exact) mass is 425 g/mol. The van der Waals surface area contributed by atoms with E-state index in [2.05, 4.69) is 10.2 Å². The molecule has 0 atom stereocenters. The quantitative estimate of drug-likeness (QED) is 0.473. The summed E-state index contributed by atoms with van der Waals surface area (Å²) in [7, 11) is 0. The van der Waals surface area contributed by atoms with Gasteiger partial charge >= 0.3 is 5.97 Å². The molecule has 0 aliphatic heterocycles. The van der Waals surface area contributed by atoms with Crippen LogP contribution in [-0.4, -0.2) is 31.4 Å². The van der Waals surface area contributed by atoms with Crippen molar-refractivity contribution in [2.75, 3.05) is 0 Å². The van der Waals surface area contributed by atoms with Crippen LogP contribution in [0.3, 0.4) is 0 Å². The minimum Gasteiger partial charge on any atom is -0.492 e. The summed E-state index contributed by atoms with van der Waals surface area (Å²) in [6, 6.07) is 8.91. The van der Waals surface area contributed by atoms with Crippen molar-refractivity contribution in [2.24, 2.45) is 0 Å². The number of hydrogen-bond donors (Lipinski definition) is 1. The molecule has 0 radical (unpaired) electrons. The third-order valence-electron chi connectivity index (χ3n) is 4.95. The Labute approximate surface area is 177 Å². The van der Waals surface area contributed by atoms with Crippen molar-refractivity contribution in [3.63, 3.8) is 0 Å². The molecule has 8 heteroatoms. The molecule has 160 valence electrons. The summed E-state index contributed by atoms with van der Waals surface area (Å²) in [5.41, 5.74) is 0.638. The molecule has 4 aromatic rings. The van der Waals surface area contributed by atoms with Crippen LogP contribution in [0.15, 0.2) is 36.4 Å². The highest BCUT2D eigenvalue weighted by molar-refractivity contribution is 6.06. The van der Waals surface area contributed by atoms with Crippen molar-refractivity contribution in [1.82, 2.24) is 14.8 Å². The summed E-state index contributed by atoms with van der Waals surface area (Å²) in [5, 5.41) is 19.3. The third kappa shape index (κ3) is 3.69. The Bertz CT molecular complexity index is 1340. The number of rotatable bonds is 3. The second kappa shape index (κ2) is 7.30. The number of benzene rings is 2. The van der Waals surface area contributed by atoms with Crippen LogP contribution in [0, 0.1) is 18.6 Å². The molecule has 0 aliphatic rings. The number of aromatic hydroxyl groups is 1. The van der Waals surface area contributed by atoms with Gasteiger partial charge in [-0.15, -0.1) is 10.2 Å². The van der Waals surface area contributed by atoms with E-state index >= 15 is 0 Å². The first-order chi connectivity index (χ1) is 14.6. The second-order valence-electron chi connectivity index (χ2n) is 8.33. The number of esters is 1. The highest BCUT2D eigenvalue weighted by Gasteiger charge is 2.25. The van der Waals surface area contributed by atoms with Gasteiger partial charge in [0.2, 0.25) is 5.88 Å². The first kappa shape index (κ1) is 20.7. The van der Waals surface area contributed by atoms with Gasteiger partial charge in [0.15, 0.2) is 0 Å². The summed E-state index contributed by atoms with van der Waals surface area (Å²) in [6.07, 6.45) is 0. The van der Waals surface area contributed by atoms with E-state index in [1.165, 1.54) is 10.6 Å². The SMILES string of the molecule is Cc1c(-c2nnc(O)c3ccccc23)c2cc(F)cc(F)c2n1CC(=O)OC(C)(C)C. The molecular formula is C23H21F2N3O3. The maximum absolute atomic E-state index is 14.9. The van der Waals surface area contributed by atoms with Crippen LogP contribution < -0.4 is 0 Å². The molecule has 0 aliphatic carbocycles. The van der Waals surface area contributed by atoms with Crippen LogP contribution in [0.25, 0.3) is 32.9 Å². The molecule has 0 amide bonds. The Hall–Kier alpha value is -3.55. The molecule has 2 heterocycles. The largest absolute Gasteiger partial charge is 0.492 e. The normalized spacial score (nSPS) is 11.9. The summed E-state index contributed by atoms with van der Waals surface area (Å²) >= 11 is 0. The lowest BCUT2D eigenvalue weighted by Gasteiger charge is -2.20. The Morgan fingerprint density at radius 1 is 1.10 bits per heavy atom. The number of nitrogens with zero attached hydrogens (tertiary/aromatic N) is 3. The average Bonchev–Trinajstić information content (AvgIpc) is 2.93. The first-order valence-corrected chi connectivity index (χ1v) is 9.71. The minimum absolute atomic E-state index is 0.0683. The number of carbonyl (C=O) groups excluding carboxylic acids is 1. The van der Waals surface area contributed by atoms with Crippen molar-refractivity contribution in [2.45, 2.75) is 39.8 Å². The second-order valence-corrected chi connectivity index (χ2v) is 8.33. The van der Waals surface area contributed by atoms with E-state index in [1.54, 1.807) is 52.0 Å². The van der Waals surface area contributed by atoms with Crippen LogP contribution in [0.2, 0.25) is 0 Å². The molecule has 0 saturated heterocycles. The lowest BCUT2D eigenvalue weighted by Crippen LogP contribution is -2.26. The summed E-state index contributed by atoms with van der Waals surface area (Å²) in [6.45, 7) is 6.66. The van der Waals surface area contributed by atoms with Gasteiger partial charge in [-0.1, -0.05) is 18.2 Å². The topological polar surface area (TPSA) is 77.2 Å². The van der Waals surface area contributed by atoms with E-state index in [1.807, 2.05) is 0 Å². The molecule has 0 unspecified atom stereocenters. The number of fused-ring (bicyclic) bond motifs is 2. The van der Waals surface area contributed by atoms with Crippen molar-refractivity contribution in [3.05, 3.63) is 53.7 Å². The van der Waals surface area contributed by atoms with Crippen LogP contribution in [0.5, 0.6) is 5.88 Å². The highest BCUT2D eigenvalue weighted by atomic mass is 19.1. The number of carbonyl (C=O) groups is 1. The van der Waals surface area contributed by atoms with Gasteiger partial charge in [-0.3, -0.25) is 4.79 Å². The third-order valence-corrected chi connectivity index (χ3v) is 4.95. The predicted molar refractivity (Wildman–Crippen MR) is 113 cm³/mol. The Morgan fingerprint density at radius 2 is 1.77 bits per heavy atom. The maximum Gasteiger partial charge on any atom is 0.326 e. The van der Waals surface area contributed by atoms with Gasteiger partial charge in [-0.25, -0.2) is 8.78 Å². The van der Waals surface area contributed by atoms with Gasteiger partial charge < -0.3 is 14.4 Å². The average molecular weight is 425 g/mol. The Morgan fingerprint density at radius 3 is 2.45 bits per heavy atom. The van der Waals surface area contributed by atoms with Crippen molar-refractivity contribution in [3.8, 4) is 17.1 Å². The van der Waals surface area contributed by atoms with Gasteiger partial charge in [0.1, 0.15) is 29.5 Å².